The van der Waals surface area contributed by atoms with E-state index < -0.39 is 0 Å². The highest BCUT2D eigenvalue weighted by Gasteiger charge is 2.17. The van der Waals surface area contributed by atoms with E-state index in [1.54, 1.807) is 16.6 Å². The highest BCUT2D eigenvalue weighted by atomic mass is 35.5. The van der Waals surface area contributed by atoms with Crippen molar-refractivity contribution >= 4 is 23.1 Å². The molecule has 4 aromatic rings. The summed E-state index contributed by atoms with van der Waals surface area (Å²) in [7, 11) is 0. The van der Waals surface area contributed by atoms with Gasteiger partial charge in [-0.1, -0.05) is 54.1 Å². The molecule has 5 nitrogen and oxygen atoms in total. The van der Waals surface area contributed by atoms with Gasteiger partial charge in [0, 0.05) is 10.6 Å². The van der Waals surface area contributed by atoms with E-state index in [4.69, 9.17) is 17.3 Å². The molecule has 24 heavy (non-hydrogen) atoms. The Kier molecular flexibility index (Phi) is 3.43. The molecule has 0 amide bonds. The van der Waals surface area contributed by atoms with Crippen LogP contribution in [0, 0.1) is 6.92 Å². The number of aryl methyl sites for hydroxylation is 1. The van der Waals surface area contributed by atoms with Crippen LogP contribution >= 0.6 is 11.6 Å². The zero-order chi connectivity index (χ0) is 16.7. The van der Waals surface area contributed by atoms with Gasteiger partial charge in [0.2, 0.25) is 0 Å². The molecule has 2 heterocycles. The summed E-state index contributed by atoms with van der Waals surface area (Å²) in [5, 5.41) is 13.9. The molecule has 0 saturated carbocycles. The Morgan fingerprint density at radius 1 is 0.917 bits per heavy atom. The Balaban J connectivity index is 1.94. The molecule has 0 radical (unpaired) electrons. The van der Waals surface area contributed by atoms with Gasteiger partial charge in [-0.05, 0) is 24.6 Å². The van der Waals surface area contributed by atoms with Crippen molar-refractivity contribution in [2.75, 3.05) is 5.73 Å². The number of hydrogen-bond acceptors (Lipinski definition) is 4. The van der Waals surface area contributed by atoms with Gasteiger partial charge in [0.1, 0.15) is 5.69 Å². The molecular formula is C18H14ClN5. The van der Waals surface area contributed by atoms with Gasteiger partial charge in [0.15, 0.2) is 11.5 Å². The number of nitrogens with zero attached hydrogens (tertiary/aromatic N) is 4. The van der Waals surface area contributed by atoms with Gasteiger partial charge in [-0.2, -0.15) is 9.61 Å². The fraction of sp³-hybridized carbons (Fsp3) is 0.0556. The molecule has 0 saturated heterocycles. The van der Waals surface area contributed by atoms with E-state index in [2.05, 4.69) is 15.3 Å². The Labute approximate surface area is 143 Å². The third kappa shape index (κ3) is 2.30. The first-order valence-corrected chi connectivity index (χ1v) is 7.86. The zero-order valence-corrected chi connectivity index (χ0v) is 13.7. The first-order valence-electron chi connectivity index (χ1n) is 7.48. The van der Waals surface area contributed by atoms with Crippen LogP contribution in [0.1, 0.15) is 5.69 Å². The summed E-state index contributed by atoms with van der Waals surface area (Å²) in [5.74, 6) is 0.451. The lowest BCUT2D eigenvalue weighted by Crippen LogP contribution is -2.05. The molecule has 0 unspecified atom stereocenters. The monoisotopic (exact) mass is 335 g/mol. The summed E-state index contributed by atoms with van der Waals surface area (Å²) in [5.41, 5.74) is 11.2. The summed E-state index contributed by atoms with van der Waals surface area (Å²) in [4.78, 5) is 0. The number of aromatic nitrogens is 4. The Morgan fingerprint density at radius 3 is 2.33 bits per heavy atom. The molecule has 0 aliphatic carbocycles. The van der Waals surface area contributed by atoms with E-state index in [0.29, 0.717) is 22.2 Å². The predicted molar refractivity (Wildman–Crippen MR) is 95.8 cm³/mol. The molecule has 0 aliphatic heterocycles. The second-order valence-corrected chi connectivity index (χ2v) is 5.94. The van der Waals surface area contributed by atoms with Gasteiger partial charge in [0.25, 0.3) is 0 Å². The molecular weight excluding hydrogens is 322 g/mol. The normalized spacial score (nSPS) is 11.1. The molecule has 2 aromatic carbocycles. The lowest BCUT2D eigenvalue weighted by atomic mass is 10.1. The van der Waals surface area contributed by atoms with Gasteiger partial charge in [-0.15, -0.1) is 10.2 Å². The van der Waals surface area contributed by atoms with Crippen molar-refractivity contribution in [2.24, 2.45) is 0 Å². The third-order valence-electron chi connectivity index (χ3n) is 3.93. The van der Waals surface area contributed by atoms with Crippen LogP contribution in [0.4, 0.5) is 5.82 Å². The van der Waals surface area contributed by atoms with E-state index in [1.807, 2.05) is 49.4 Å². The first-order chi connectivity index (χ1) is 11.6. The van der Waals surface area contributed by atoms with Crippen molar-refractivity contribution in [2.45, 2.75) is 6.92 Å². The van der Waals surface area contributed by atoms with Gasteiger partial charge in [-0.25, -0.2) is 0 Å². The number of nitrogens with two attached hydrogens (primary N) is 1. The van der Waals surface area contributed by atoms with Crippen molar-refractivity contribution < 1.29 is 0 Å². The largest absolute Gasteiger partial charge is 0.382 e. The number of halogens is 1. The number of rotatable bonds is 2. The minimum absolute atomic E-state index is 0.451. The summed E-state index contributed by atoms with van der Waals surface area (Å²) in [6, 6.07) is 17.3. The lowest BCUT2D eigenvalue weighted by Gasteiger charge is -2.06. The fourth-order valence-corrected chi connectivity index (χ4v) is 2.91. The van der Waals surface area contributed by atoms with Crippen molar-refractivity contribution in [3.8, 4) is 22.4 Å². The molecule has 118 valence electrons. The van der Waals surface area contributed by atoms with Gasteiger partial charge in [0.05, 0.1) is 11.3 Å². The van der Waals surface area contributed by atoms with E-state index in [9.17, 15) is 0 Å². The fourth-order valence-electron chi connectivity index (χ4n) is 2.78. The highest BCUT2D eigenvalue weighted by molar-refractivity contribution is 6.30. The molecule has 0 aliphatic rings. The molecule has 2 N–H and O–H groups in total. The van der Waals surface area contributed by atoms with Crippen molar-refractivity contribution in [3.63, 3.8) is 0 Å². The molecule has 0 atom stereocenters. The average molecular weight is 336 g/mol. The maximum absolute atomic E-state index is 6.31. The number of benzene rings is 2. The van der Waals surface area contributed by atoms with Crippen molar-refractivity contribution in [1.29, 1.82) is 0 Å². The molecule has 4 rings (SSSR count). The van der Waals surface area contributed by atoms with Crippen LogP contribution in [0.2, 0.25) is 5.02 Å². The maximum atomic E-state index is 6.31. The summed E-state index contributed by atoms with van der Waals surface area (Å²) in [6.45, 7) is 1.94. The minimum atomic E-state index is 0.451. The smallest absolute Gasteiger partial charge is 0.187 e. The Morgan fingerprint density at radius 2 is 1.62 bits per heavy atom. The van der Waals surface area contributed by atoms with E-state index in [-0.39, 0.29) is 0 Å². The average Bonchev–Trinajstić information content (AvgIpc) is 2.94. The van der Waals surface area contributed by atoms with Gasteiger partial charge < -0.3 is 5.73 Å². The maximum Gasteiger partial charge on any atom is 0.187 e. The van der Waals surface area contributed by atoms with Crippen LogP contribution in [-0.4, -0.2) is 19.8 Å². The van der Waals surface area contributed by atoms with Crippen LogP contribution in [0.3, 0.4) is 0 Å². The van der Waals surface area contributed by atoms with Crippen LogP contribution in [0.5, 0.6) is 0 Å². The molecule has 0 spiro atoms. The highest BCUT2D eigenvalue weighted by Crippen LogP contribution is 2.30. The molecule has 0 fully saturated rings. The standard InChI is InChI=1S/C18H14ClN5/c1-11-15(12-5-3-2-4-6-12)18-22-21-16(17(20)24(18)23-11)13-7-9-14(19)10-8-13/h2-10H,20H2,1H3. The van der Waals surface area contributed by atoms with E-state index in [1.165, 1.54) is 0 Å². The molecule has 2 aromatic heterocycles. The minimum Gasteiger partial charge on any atom is -0.382 e. The topological polar surface area (TPSA) is 69.1 Å². The lowest BCUT2D eigenvalue weighted by molar-refractivity contribution is 0.893. The quantitative estimate of drug-likeness (QED) is 0.601. The van der Waals surface area contributed by atoms with E-state index in [0.717, 1.165) is 22.4 Å². The number of fused-ring (bicyclic) bond motifs is 1. The summed E-state index contributed by atoms with van der Waals surface area (Å²) < 4.78 is 1.65. The van der Waals surface area contributed by atoms with Crippen LogP contribution in [-0.2, 0) is 0 Å². The second-order valence-electron chi connectivity index (χ2n) is 5.50. The van der Waals surface area contributed by atoms with Gasteiger partial charge in [-0.3, -0.25) is 0 Å². The Hall–Kier alpha value is -2.92. The van der Waals surface area contributed by atoms with Crippen molar-refractivity contribution in [1.82, 2.24) is 19.8 Å². The number of nitrogen functional groups attached to an aromatic ring is 1. The Bertz CT molecular complexity index is 1020. The summed E-state index contributed by atoms with van der Waals surface area (Å²) >= 11 is 5.94. The van der Waals surface area contributed by atoms with Crippen molar-refractivity contribution in [3.05, 3.63) is 65.3 Å². The van der Waals surface area contributed by atoms with Crippen LogP contribution in [0.15, 0.2) is 54.6 Å². The van der Waals surface area contributed by atoms with Crippen LogP contribution < -0.4 is 5.73 Å². The molecule has 6 heteroatoms. The first kappa shape index (κ1) is 14.7. The van der Waals surface area contributed by atoms with Gasteiger partial charge >= 0.3 is 0 Å². The van der Waals surface area contributed by atoms with Crippen LogP contribution in [0.25, 0.3) is 28.0 Å². The SMILES string of the molecule is Cc1nn2c(N)c(-c3ccc(Cl)cc3)nnc2c1-c1ccccc1. The van der Waals surface area contributed by atoms with E-state index >= 15 is 0 Å². The number of anilines is 1. The third-order valence-corrected chi connectivity index (χ3v) is 4.18. The zero-order valence-electron chi connectivity index (χ0n) is 12.9. The second kappa shape index (κ2) is 5.62. The molecule has 0 bridgehead atoms. The predicted octanol–water partition coefficient (Wildman–Crippen LogP) is 4.00. The number of hydrogen-bond donors (Lipinski definition) is 1. The summed E-state index contributed by atoms with van der Waals surface area (Å²) in [6.07, 6.45) is 0.